The first-order valence-electron chi connectivity index (χ1n) is 7.55. The van der Waals surface area contributed by atoms with Crippen molar-refractivity contribution < 1.29 is 27.5 Å². The average molecular weight is 386 g/mol. The van der Waals surface area contributed by atoms with Crippen LogP contribution in [-0.4, -0.2) is 18.3 Å². The molecule has 0 spiro atoms. The largest absolute Gasteiger partial charge is 0.417 e. The van der Waals surface area contributed by atoms with Gasteiger partial charge in [-0.2, -0.15) is 13.2 Å². The molecule has 0 unspecified atom stereocenters. The number of ketones is 1. The van der Waals surface area contributed by atoms with Gasteiger partial charge in [0, 0.05) is 6.54 Å². The predicted octanol–water partition coefficient (Wildman–Crippen LogP) is 3.76. The van der Waals surface area contributed by atoms with Crippen LogP contribution < -0.4 is 5.32 Å². The molecule has 0 bridgehead atoms. The van der Waals surface area contributed by atoms with Crippen molar-refractivity contribution >= 4 is 23.3 Å². The summed E-state index contributed by atoms with van der Waals surface area (Å²) in [6.45, 7) is -0.482. The summed E-state index contributed by atoms with van der Waals surface area (Å²) in [4.78, 5) is 23.4. The molecule has 2 aromatic rings. The topological polar surface area (TPSA) is 55.4 Å². The van der Waals surface area contributed by atoms with Gasteiger partial charge in [0.05, 0.1) is 17.2 Å². The van der Waals surface area contributed by atoms with Crippen LogP contribution in [-0.2, 0) is 33.7 Å². The molecule has 1 N–H and O–H groups in total. The molecular weight excluding hydrogens is 371 g/mol. The standard InChI is InChI=1S/C18H15ClF3NO3/c19-15-7-6-13(8-14(15)18(20,21)22)9-23-17(25)16(24)11-26-10-12-4-2-1-3-5-12/h1-8H,9-11H2,(H,23,25). The number of nitrogens with one attached hydrogen (secondary N) is 1. The van der Waals surface area contributed by atoms with Crippen molar-refractivity contribution in [3.05, 3.63) is 70.2 Å². The maximum absolute atomic E-state index is 12.8. The molecule has 0 fully saturated rings. The Morgan fingerprint density at radius 2 is 1.73 bits per heavy atom. The molecule has 0 heterocycles. The van der Waals surface area contributed by atoms with Gasteiger partial charge in [0.2, 0.25) is 5.78 Å². The van der Waals surface area contributed by atoms with Crippen molar-refractivity contribution in [1.82, 2.24) is 5.32 Å². The summed E-state index contributed by atoms with van der Waals surface area (Å²) >= 11 is 5.52. The summed E-state index contributed by atoms with van der Waals surface area (Å²) in [6, 6.07) is 12.3. The maximum atomic E-state index is 12.8. The van der Waals surface area contributed by atoms with E-state index in [1.54, 1.807) is 0 Å². The van der Waals surface area contributed by atoms with Gasteiger partial charge in [0.15, 0.2) is 0 Å². The van der Waals surface area contributed by atoms with E-state index in [-0.39, 0.29) is 18.7 Å². The average Bonchev–Trinajstić information content (AvgIpc) is 2.60. The third-order valence-electron chi connectivity index (χ3n) is 3.39. The van der Waals surface area contributed by atoms with Crippen molar-refractivity contribution in [3.63, 3.8) is 0 Å². The number of amides is 1. The summed E-state index contributed by atoms with van der Waals surface area (Å²) < 4.78 is 43.5. The van der Waals surface area contributed by atoms with E-state index < -0.39 is 35.1 Å². The van der Waals surface area contributed by atoms with Crippen LogP contribution in [0.5, 0.6) is 0 Å². The minimum atomic E-state index is -4.60. The van der Waals surface area contributed by atoms with Gasteiger partial charge in [0.1, 0.15) is 6.61 Å². The van der Waals surface area contributed by atoms with Gasteiger partial charge < -0.3 is 10.1 Å². The van der Waals surface area contributed by atoms with E-state index in [0.717, 1.165) is 17.7 Å². The monoisotopic (exact) mass is 385 g/mol. The number of hydrogen-bond acceptors (Lipinski definition) is 3. The molecule has 0 aliphatic rings. The number of halogens is 4. The number of carbonyl (C=O) groups excluding carboxylic acids is 2. The van der Waals surface area contributed by atoms with Crippen LogP contribution >= 0.6 is 11.6 Å². The first-order chi connectivity index (χ1) is 12.3. The third-order valence-corrected chi connectivity index (χ3v) is 3.72. The van der Waals surface area contributed by atoms with Gasteiger partial charge in [-0.25, -0.2) is 0 Å². The Hall–Kier alpha value is -2.38. The molecule has 2 rings (SSSR count). The highest BCUT2D eigenvalue weighted by Gasteiger charge is 2.33. The highest BCUT2D eigenvalue weighted by molar-refractivity contribution is 6.36. The molecule has 0 aromatic heterocycles. The van der Waals surface area contributed by atoms with E-state index in [1.807, 2.05) is 30.3 Å². The highest BCUT2D eigenvalue weighted by atomic mass is 35.5. The van der Waals surface area contributed by atoms with Crippen LogP contribution in [0.2, 0.25) is 5.02 Å². The lowest BCUT2D eigenvalue weighted by Gasteiger charge is -2.11. The molecule has 2 aromatic carbocycles. The summed E-state index contributed by atoms with van der Waals surface area (Å²) in [5.74, 6) is -1.74. The van der Waals surface area contributed by atoms with Gasteiger partial charge in [-0.1, -0.05) is 48.0 Å². The Balaban J connectivity index is 1.83. The molecule has 8 heteroatoms. The van der Waals surface area contributed by atoms with Gasteiger partial charge in [-0.3, -0.25) is 9.59 Å². The number of rotatable bonds is 7. The Labute approximate surface area is 152 Å². The summed E-state index contributed by atoms with van der Waals surface area (Å²) in [5, 5.41) is 1.83. The fourth-order valence-electron chi connectivity index (χ4n) is 2.08. The van der Waals surface area contributed by atoms with Gasteiger partial charge in [-0.05, 0) is 23.3 Å². The Morgan fingerprint density at radius 3 is 2.38 bits per heavy atom. The minimum absolute atomic E-state index is 0.173. The smallest absolute Gasteiger partial charge is 0.368 e. The van der Waals surface area contributed by atoms with Gasteiger partial charge >= 0.3 is 6.18 Å². The summed E-state index contributed by atoms with van der Waals surface area (Å²) in [6.07, 6.45) is -4.60. The number of carbonyl (C=O) groups is 2. The second-order valence-corrected chi connectivity index (χ2v) is 5.80. The zero-order chi connectivity index (χ0) is 19.2. The number of hydrogen-bond donors (Lipinski definition) is 1. The number of ether oxygens (including phenoxy) is 1. The van der Waals surface area contributed by atoms with Crippen LogP contribution in [0.4, 0.5) is 13.2 Å². The fraction of sp³-hybridized carbons (Fsp3) is 0.222. The quantitative estimate of drug-likeness (QED) is 0.738. The number of benzene rings is 2. The van der Waals surface area contributed by atoms with Crippen molar-refractivity contribution in [3.8, 4) is 0 Å². The highest BCUT2D eigenvalue weighted by Crippen LogP contribution is 2.35. The molecule has 0 atom stereocenters. The van der Waals surface area contributed by atoms with E-state index in [0.29, 0.717) is 0 Å². The molecule has 0 aliphatic carbocycles. The fourth-order valence-corrected chi connectivity index (χ4v) is 2.31. The van der Waals surface area contributed by atoms with Crippen LogP contribution in [0.15, 0.2) is 48.5 Å². The second-order valence-electron chi connectivity index (χ2n) is 5.40. The molecule has 0 saturated heterocycles. The first-order valence-corrected chi connectivity index (χ1v) is 7.93. The Kier molecular flexibility index (Phi) is 6.76. The van der Waals surface area contributed by atoms with E-state index in [4.69, 9.17) is 16.3 Å². The van der Waals surface area contributed by atoms with E-state index in [9.17, 15) is 22.8 Å². The predicted molar refractivity (Wildman–Crippen MR) is 89.4 cm³/mol. The maximum Gasteiger partial charge on any atom is 0.417 e. The molecular formula is C18H15ClF3NO3. The SMILES string of the molecule is O=C(COCc1ccccc1)C(=O)NCc1ccc(Cl)c(C(F)(F)F)c1. The van der Waals surface area contributed by atoms with Gasteiger partial charge in [-0.15, -0.1) is 0 Å². The lowest BCUT2D eigenvalue weighted by molar-refractivity contribution is -0.140. The summed E-state index contributed by atoms with van der Waals surface area (Å²) in [7, 11) is 0. The molecule has 0 aliphatic heterocycles. The van der Waals surface area contributed by atoms with Crippen molar-refractivity contribution in [1.29, 1.82) is 0 Å². The minimum Gasteiger partial charge on any atom is -0.368 e. The zero-order valence-electron chi connectivity index (χ0n) is 13.5. The molecule has 1 amide bonds. The van der Waals surface area contributed by atoms with Crippen molar-refractivity contribution in [2.75, 3.05) is 6.61 Å². The lowest BCUT2D eigenvalue weighted by Crippen LogP contribution is -2.33. The lowest BCUT2D eigenvalue weighted by atomic mass is 10.1. The van der Waals surface area contributed by atoms with Crippen LogP contribution in [0.1, 0.15) is 16.7 Å². The Morgan fingerprint density at radius 1 is 1.04 bits per heavy atom. The molecule has 0 saturated carbocycles. The molecule has 26 heavy (non-hydrogen) atoms. The molecule has 138 valence electrons. The summed E-state index contributed by atoms with van der Waals surface area (Å²) in [5.41, 5.74) is 0.0260. The van der Waals surface area contributed by atoms with Crippen molar-refractivity contribution in [2.24, 2.45) is 0 Å². The number of alkyl halides is 3. The third kappa shape index (κ3) is 5.86. The van der Waals surface area contributed by atoms with Gasteiger partial charge in [0.25, 0.3) is 5.91 Å². The van der Waals surface area contributed by atoms with E-state index >= 15 is 0 Å². The van der Waals surface area contributed by atoms with E-state index in [1.165, 1.54) is 6.07 Å². The van der Waals surface area contributed by atoms with E-state index in [2.05, 4.69) is 5.32 Å². The van der Waals surface area contributed by atoms with Crippen molar-refractivity contribution in [2.45, 2.75) is 19.3 Å². The molecule has 0 radical (unpaired) electrons. The van der Waals surface area contributed by atoms with Crippen LogP contribution in [0.3, 0.4) is 0 Å². The first kappa shape index (κ1) is 19.9. The normalized spacial score (nSPS) is 11.2. The molecule has 4 nitrogen and oxygen atoms in total. The van der Waals surface area contributed by atoms with Crippen LogP contribution in [0, 0.1) is 0 Å². The Bertz CT molecular complexity index is 779. The second kappa shape index (κ2) is 8.82. The number of Topliss-reactive ketones (excluding diaryl/α,β-unsaturated/α-hetero) is 1. The van der Waals surface area contributed by atoms with Crippen LogP contribution in [0.25, 0.3) is 0 Å². The zero-order valence-corrected chi connectivity index (χ0v) is 14.2.